The minimum Gasteiger partial charge on any atom is -0.349 e. The van der Waals surface area contributed by atoms with Crippen LogP contribution < -0.4 is 5.32 Å². The molecule has 5 heteroatoms. The highest BCUT2D eigenvalue weighted by molar-refractivity contribution is 5.96. The zero-order valence-corrected chi connectivity index (χ0v) is 12.8. The van der Waals surface area contributed by atoms with Gasteiger partial charge in [0, 0.05) is 6.04 Å². The zero-order valence-electron chi connectivity index (χ0n) is 12.8. The second-order valence-electron chi connectivity index (χ2n) is 7.28. The van der Waals surface area contributed by atoms with Gasteiger partial charge < -0.3 is 5.32 Å². The van der Waals surface area contributed by atoms with Crippen molar-refractivity contribution in [1.29, 1.82) is 0 Å². The van der Waals surface area contributed by atoms with E-state index in [1.165, 1.54) is 37.5 Å². The molecule has 5 atom stereocenters. The number of fused-ring (bicyclic) bond motifs is 5. The first-order chi connectivity index (χ1) is 10.9. The molecule has 1 aromatic rings. The van der Waals surface area contributed by atoms with Gasteiger partial charge in [-0.3, -0.25) is 4.79 Å². The molecular formula is C18H20F3NO. The maximum Gasteiger partial charge on any atom is 0.417 e. The average molecular weight is 323 g/mol. The lowest BCUT2D eigenvalue weighted by Crippen LogP contribution is -2.43. The summed E-state index contributed by atoms with van der Waals surface area (Å²) in [4.78, 5) is 12.4. The molecule has 3 aliphatic carbocycles. The monoisotopic (exact) mass is 323 g/mol. The Morgan fingerprint density at radius 3 is 2.57 bits per heavy atom. The van der Waals surface area contributed by atoms with Gasteiger partial charge in [0.05, 0.1) is 11.1 Å². The predicted molar refractivity (Wildman–Crippen MR) is 79.7 cm³/mol. The number of alkyl halides is 3. The van der Waals surface area contributed by atoms with Gasteiger partial charge in [0.15, 0.2) is 0 Å². The topological polar surface area (TPSA) is 29.1 Å². The number of amides is 1. The van der Waals surface area contributed by atoms with E-state index in [2.05, 4.69) is 5.32 Å². The molecule has 0 aromatic heterocycles. The van der Waals surface area contributed by atoms with Gasteiger partial charge in [-0.1, -0.05) is 18.6 Å². The minimum absolute atomic E-state index is 0.0492. The Labute approximate surface area is 133 Å². The van der Waals surface area contributed by atoms with Crippen LogP contribution in [0.15, 0.2) is 24.3 Å². The van der Waals surface area contributed by atoms with E-state index in [1.54, 1.807) is 0 Å². The van der Waals surface area contributed by atoms with Crippen molar-refractivity contribution in [2.75, 3.05) is 0 Å². The Kier molecular flexibility index (Phi) is 3.43. The predicted octanol–water partition coefficient (Wildman–Crippen LogP) is 4.26. The van der Waals surface area contributed by atoms with Crippen molar-refractivity contribution in [3.05, 3.63) is 35.4 Å². The highest BCUT2D eigenvalue weighted by atomic mass is 19.4. The lowest BCUT2D eigenvalue weighted by atomic mass is 9.79. The molecule has 3 aliphatic rings. The first-order valence-electron chi connectivity index (χ1n) is 8.42. The standard InChI is InChI=1S/C18H20F3NO/c19-18(20,21)15-7-2-1-4-13(15)17(23)22-16-9-10-8-14(16)12-6-3-5-11(10)12/h1-2,4,7,10-12,14,16H,3,5-6,8-9H2,(H,22,23)/t10-,11-,12+,14+,16-/m1/s1. The second kappa shape index (κ2) is 5.25. The van der Waals surface area contributed by atoms with Gasteiger partial charge in [0.1, 0.15) is 0 Å². The number of hydrogen-bond donors (Lipinski definition) is 1. The highest BCUT2D eigenvalue weighted by Gasteiger charge is 2.54. The molecule has 0 radical (unpaired) electrons. The summed E-state index contributed by atoms with van der Waals surface area (Å²) in [6.45, 7) is 0. The molecule has 0 heterocycles. The lowest BCUT2D eigenvalue weighted by molar-refractivity contribution is -0.137. The van der Waals surface area contributed by atoms with Crippen molar-refractivity contribution in [2.45, 2.75) is 44.3 Å². The quantitative estimate of drug-likeness (QED) is 0.866. The first kappa shape index (κ1) is 15.0. The summed E-state index contributed by atoms with van der Waals surface area (Å²) in [7, 11) is 0. The fourth-order valence-electron chi connectivity index (χ4n) is 5.41. The summed E-state index contributed by atoms with van der Waals surface area (Å²) >= 11 is 0. The molecule has 3 saturated carbocycles. The molecule has 1 N–H and O–H groups in total. The molecule has 2 bridgehead atoms. The Morgan fingerprint density at radius 1 is 1.04 bits per heavy atom. The van der Waals surface area contributed by atoms with Gasteiger partial charge in [0.2, 0.25) is 0 Å². The third-order valence-electron chi connectivity index (χ3n) is 6.22. The Balaban J connectivity index is 1.52. The van der Waals surface area contributed by atoms with E-state index < -0.39 is 17.6 Å². The van der Waals surface area contributed by atoms with Gasteiger partial charge in [-0.2, -0.15) is 13.2 Å². The Bertz CT molecular complexity index is 627. The number of halogens is 3. The van der Waals surface area contributed by atoms with Crippen LogP contribution in [0, 0.1) is 23.7 Å². The molecule has 2 nitrogen and oxygen atoms in total. The molecule has 23 heavy (non-hydrogen) atoms. The fraction of sp³-hybridized carbons (Fsp3) is 0.611. The van der Waals surface area contributed by atoms with Crippen molar-refractivity contribution in [1.82, 2.24) is 5.32 Å². The number of rotatable bonds is 2. The largest absolute Gasteiger partial charge is 0.417 e. The van der Waals surface area contributed by atoms with Gasteiger partial charge in [-0.15, -0.1) is 0 Å². The Morgan fingerprint density at radius 2 is 1.78 bits per heavy atom. The van der Waals surface area contributed by atoms with Crippen molar-refractivity contribution in [3.63, 3.8) is 0 Å². The second-order valence-corrected chi connectivity index (χ2v) is 7.28. The van der Waals surface area contributed by atoms with Crippen LogP contribution in [0.4, 0.5) is 13.2 Å². The van der Waals surface area contributed by atoms with E-state index in [4.69, 9.17) is 0 Å². The van der Waals surface area contributed by atoms with Crippen LogP contribution >= 0.6 is 0 Å². The van der Waals surface area contributed by atoms with Crippen LogP contribution in [-0.2, 0) is 6.18 Å². The van der Waals surface area contributed by atoms with E-state index in [0.29, 0.717) is 17.8 Å². The van der Waals surface area contributed by atoms with Crippen molar-refractivity contribution in [2.24, 2.45) is 23.7 Å². The normalized spacial score (nSPS) is 35.3. The fourth-order valence-corrected chi connectivity index (χ4v) is 5.41. The molecule has 4 rings (SSSR count). The summed E-state index contributed by atoms with van der Waals surface area (Å²) in [6, 6.07) is 5.10. The number of benzene rings is 1. The van der Waals surface area contributed by atoms with E-state index in [0.717, 1.165) is 24.8 Å². The van der Waals surface area contributed by atoms with Crippen molar-refractivity contribution in [3.8, 4) is 0 Å². The molecule has 0 saturated heterocycles. The van der Waals surface area contributed by atoms with E-state index in [1.807, 2.05) is 0 Å². The van der Waals surface area contributed by atoms with Crippen molar-refractivity contribution < 1.29 is 18.0 Å². The molecule has 1 aromatic carbocycles. The molecule has 1 amide bonds. The minimum atomic E-state index is -4.50. The van der Waals surface area contributed by atoms with E-state index in [-0.39, 0.29) is 11.6 Å². The van der Waals surface area contributed by atoms with Crippen LogP contribution in [0.5, 0.6) is 0 Å². The smallest absolute Gasteiger partial charge is 0.349 e. The summed E-state index contributed by atoms with van der Waals surface area (Å²) < 4.78 is 39.2. The van der Waals surface area contributed by atoms with Crippen LogP contribution in [0.25, 0.3) is 0 Å². The van der Waals surface area contributed by atoms with E-state index >= 15 is 0 Å². The zero-order chi connectivity index (χ0) is 16.2. The van der Waals surface area contributed by atoms with Gasteiger partial charge in [-0.25, -0.2) is 0 Å². The van der Waals surface area contributed by atoms with Crippen LogP contribution in [0.3, 0.4) is 0 Å². The molecule has 124 valence electrons. The summed E-state index contributed by atoms with van der Waals surface area (Å²) in [5.41, 5.74) is -1.11. The summed E-state index contributed by atoms with van der Waals surface area (Å²) in [6.07, 6.45) is 1.35. The first-order valence-corrected chi connectivity index (χ1v) is 8.42. The van der Waals surface area contributed by atoms with Crippen LogP contribution in [0.1, 0.15) is 48.0 Å². The molecule has 0 spiro atoms. The van der Waals surface area contributed by atoms with Crippen LogP contribution in [0.2, 0.25) is 0 Å². The van der Waals surface area contributed by atoms with Crippen LogP contribution in [-0.4, -0.2) is 11.9 Å². The Hall–Kier alpha value is -1.52. The van der Waals surface area contributed by atoms with Gasteiger partial charge >= 0.3 is 6.18 Å². The maximum atomic E-state index is 13.1. The number of nitrogens with one attached hydrogen (secondary N) is 1. The number of carbonyl (C=O) groups is 1. The number of carbonyl (C=O) groups excluding carboxylic acids is 1. The molecule has 0 aliphatic heterocycles. The molecular weight excluding hydrogens is 303 g/mol. The van der Waals surface area contributed by atoms with Crippen molar-refractivity contribution >= 4 is 5.91 Å². The highest BCUT2D eigenvalue weighted by Crippen LogP contribution is 2.58. The third-order valence-corrected chi connectivity index (χ3v) is 6.22. The molecule has 0 unspecified atom stereocenters. The van der Waals surface area contributed by atoms with Gasteiger partial charge in [0.25, 0.3) is 5.91 Å². The summed E-state index contributed by atoms with van der Waals surface area (Å²) in [5.74, 6) is 2.03. The SMILES string of the molecule is O=C(N[C@@H]1C[C@H]2C[C@H]1[C@H]1CCC[C@H]21)c1ccccc1C(F)(F)F. The number of hydrogen-bond acceptors (Lipinski definition) is 1. The molecule has 3 fully saturated rings. The third kappa shape index (κ3) is 2.45. The summed E-state index contributed by atoms with van der Waals surface area (Å²) in [5, 5.41) is 2.91. The van der Waals surface area contributed by atoms with Gasteiger partial charge in [-0.05, 0) is 61.5 Å². The average Bonchev–Trinajstić information content (AvgIpc) is 3.18. The maximum absolute atomic E-state index is 13.1. The lowest BCUT2D eigenvalue weighted by Gasteiger charge is -2.32. The van der Waals surface area contributed by atoms with E-state index in [9.17, 15) is 18.0 Å².